The van der Waals surface area contributed by atoms with E-state index in [2.05, 4.69) is 30.4 Å². The predicted octanol–water partition coefficient (Wildman–Crippen LogP) is 3.58. The van der Waals surface area contributed by atoms with E-state index in [1.807, 2.05) is 0 Å². The Morgan fingerprint density at radius 1 is 1.14 bits per heavy atom. The molecule has 192 valence electrons. The van der Waals surface area contributed by atoms with Gasteiger partial charge in [0.05, 0.1) is 15.4 Å². The molecule has 37 heavy (non-hydrogen) atoms. The van der Waals surface area contributed by atoms with Crippen LogP contribution in [0.1, 0.15) is 0 Å². The first-order chi connectivity index (χ1) is 17.7. The maximum absolute atomic E-state index is 12.8. The summed E-state index contributed by atoms with van der Waals surface area (Å²) in [6.45, 7) is 2.40. The standard InChI is InChI=1S/C23H22Cl2N8O3S/c1-32-21-16(13-28-22(29-21)26-9-11-33-12-10-27-23(33)34)20(30-32)14-5-7-15(8-6-14)31-37(35,36)18-4-2-3-17(24)19(18)25/h2-8,13,31H,9-12H2,1H3,(H,27,34)(H,26,28,29). The summed E-state index contributed by atoms with van der Waals surface area (Å²) in [5.74, 6) is 0.436. The highest BCUT2D eigenvalue weighted by molar-refractivity contribution is 7.92. The molecule has 1 aliphatic rings. The largest absolute Gasteiger partial charge is 0.352 e. The molecular weight excluding hydrogens is 539 g/mol. The number of sulfonamides is 1. The predicted molar refractivity (Wildman–Crippen MR) is 142 cm³/mol. The summed E-state index contributed by atoms with van der Waals surface area (Å²) in [6, 6.07) is 11.1. The van der Waals surface area contributed by atoms with Gasteiger partial charge in [0.2, 0.25) is 5.95 Å². The molecule has 0 unspecified atom stereocenters. The van der Waals surface area contributed by atoms with Crippen LogP contribution < -0.4 is 15.4 Å². The van der Waals surface area contributed by atoms with Crippen molar-refractivity contribution < 1.29 is 13.2 Å². The molecule has 14 heteroatoms. The molecule has 0 aliphatic carbocycles. The summed E-state index contributed by atoms with van der Waals surface area (Å²) in [6.07, 6.45) is 1.69. The van der Waals surface area contributed by atoms with Crippen molar-refractivity contribution in [1.82, 2.24) is 30.0 Å². The quantitative estimate of drug-likeness (QED) is 0.300. The molecule has 0 radical (unpaired) electrons. The van der Waals surface area contributed by atoms with Gasteiger partial charge in [0.1, 0.15) is 10.6 Å². The topological polar surface area (TPSA) is 134 Å². The highest BCUT2D eigenvalue weighted by atomic mass is 35.5. The van der Waals surface area contributed by atoms with E-state index in [4.69, 9.17) is 23.2 Å². The first-order valence-electron chi connectivity index (χ1n) is 11.3. The second-order valence-corrected chi connectivity index (χ2v) is 10.7. The number of amides is 2. The van der Waals surface area contributed by atoms with Crippen LogP contribution in [-0.2, 0) is 17.1 Å². The van der Waals surface area contributed by atoms with Crippen molar-refractivity contribution in [3.8, 4) is 11.3 Å². The van der Waals surface area contributed by atoms with E-state index < -0.39 is 10.0 Å². The van der Waals surface area contributed by atoms with Gasteiger partial charge in [-0.1, -0.05) is 41.4 Å². The first kappa shape index (κ1) is 25.1. The van der Waals surface area contributed by atoms with Gasteiger partial charge in [-0.3, -0.25) is 4.72 Å². The third-order valence-corrected chi connectivity index (χ3v) is 8.16. The number of anilines is 2. The summed E-state index contributed by atoms with van der Waals surface area (Å²) >= 11 is 12.0. The molecule has 4 aromatic rings. The molecule has 0 spiro atoms. The van der Waals surface area contributed by atoms with Gasteiger partial charge < -0.3 is 15.5 Å². The van der Waals surface area contributed by atoms with E-state index in [9.17, 15) is 13.2 Å². The number of urea groups is 1. The summed E-state index contributed by atoms with van der Waals surface area (Å²) in [4.78, 5) is 22.2. The average Bonchev–Trinajstić information content (AvgIpc) is 3.43. The number of carbonyl (C=O) groups is 1. The van der Waals surface area contributed by atoms with E-state index in [0.29, 0.717) is 49.2 Å². The number of aryl methyl sites for hydroxylation is 1. The molecule has 3 N–H and O–H groups in total. The fraction of sp³-hybridized carbons (Fsp3) is 0.217. The molecule has 3 heterocycles. The van der Waals surface area contributed by atoms with Gasteiger partial charge in [0.25, 0.3) is 10.0 Å². The Bertz CT molecular complexity index is 1590. The van der Waals surface area contributed by atoms with Crippen LogP contribution in [0.5, 0.6) is 0 Å². The van der Waals surface area contributed by atoms with Crippen LogP contribution in [0.3, 0.4) is 0 Å². The monoisotopic (exact) mass is 560 g/mol. The summed E-state index contributed by atoms with van der Waals surface area (Å²) in [5.41, 5.74) is 2.41. The van der Waals surface area contributed by atoms with Crippen molar-refractivity contribution in [1.29, 1.82) is 0 Å². The Morgan fingerprint density at radius 2 is 1.92 bits per heavy atom. The van der Waals surface area contributed by atoms with Crippen molar-refractivity contribution in [2.75, 3.05) is 36.2 Å². The van der Waals surface area contributed by atoms with Gasteiger partial charge in [0.15, 0.2) is 5.65 Å². The van der Waals surface area contributed by atoms with Crippen LogP contribution >= 0.6 is 23.2 Å². The molecule has 1 aliphatic heterocycles. The van der Waals surface area contributed by atoms with Gasteiger partial charge in [0, 0.05) is 50.7 Å². The van der Waals surface area contributed by atoms with Crippen LogP contribution in [0.4, 0.5) is 16.4 Å². The summed E-state index contributed by atoms with van der Waals surface area (Å²) in [7, 11) is -2.15. The van der Waals surface area contributed by atoms with Crippen molar-refractivity contribution in [2.45, 2.75) is 4.90 Å². The Labute approximate surface area is 222 Å². The van der Waals surface area contributed by atoms with Crippen molar-refractivity contribution in [3.05, 3.63) is 58.7 Å². The minimum Gasteiger partial charge on any atom is -0.352 e. The Hall–Kier alpha value is -3.61. The van der Waals surface area contributed by atoms with Gasteiger partial charge in [-0.15, -0.1) is 0 Å². The third kappa shape index (κ3) is 5.13. The van der Waals surface area contributed by atoms with Crippen LogP contribution in [0, 0.1) is 0 Å². The molecule has 1 fully saturated rings. The van der Waals surface area contributed by atoms with Gasteiger partial charge in [-0.05, 0) is 24.3 Å². The lowest BCUT2D eigenvalue weighted by molar-refractivity contribution is 0.219. The third-order valence-electron chi connectivity index (χ3n) is 5.81. The van der Waals surface area contributed by atoms with E-state index in [-0.39, 0.29) is 21.0 Å². The second kappa shape index (κ2) is 10.0. The zero-order chi connectivity index (χ0) is 26.2. The summed E-state index contributed by atoms with van der Waals surface area (Å²) < 4.78 is 29.8. The number of hydrogen-bond donors (Lipinski definition) is 3. The van der Waals surface area contributed by atoms with Gasteiger partial charge >= 0.3 is 6.03 Å². The summed E-state index contributed by atoms with van der Waals surface area (Å²) in [5, 5.41) is 11.3. The molecule has 0 atom stereocenters. The Morgan fingerprint density at radius 3 is 2.65 bits per heavy atom. The fourth-order valence-electron chi connectivity index (χ4n) is 3.96. The lowest BCUT2D eigenvalue weighted by Gasteiger charge is -2.14. The van der Waals surface area contributed by atoms with Crippen LogP contribution in [0.2, 0.25) is 10.0 Å². The van der Waals surface area contributed by atoms with Gasteiger partial charge in [-0.2, -0.15) is 10.1 Å². The molecule has 11 nitrogen and oxygen atoms in total. The van der Waals surface area contributed by atoms with E-state index in [1.54, 1.807) is 47.1 Å². The lowest BCUT2D eigenvalue weighted by Crippen LogP contribution is -2.32. The first-order valence-corrected chi connectivity index (χ1v) is 13.5. The molecular formula is C23H22Cl2N8O3S. The van der Waals surface area contributed by atoms with Gasteiger partial charge in [-0.25, -0.2) is 22.9 Å². The number of hydrogen-bond acceptors (Lipinski definition) is 7. The number of halogens is 2. The minimum absolute atomic E-state index is 0.0383. The highest BCUT2D eigenvalue weighted by Crippen LogP contribution is 2.31. The zero-order valence-electron chi connectivity index (χ0n) is 19.6. The SMILES string of the molecule is Cn1nc(-c2ccc(NS(=O)(=O)c3cccc(Cl)c3Cl)cc2)c2cnc(NCCN3CCNC3=O)nc21. The average molecular weight is 561 g/mol. The molecule has 0 saturated carbocycles. The maximum atomic E-state index is 12.8. The van der Waals surface area contributed by atoms with Crippen molar-refractivity contribution in [2.24, 2.45) is 7.05 Å². The molecule has 2 aromatic heterocycles. The lowest BCUT2D eigenvalue weighted by atomic mass is 10.1. The Kier molecular flexibility index (Phi) is 6.80. The van der Waals surface area contributed by atoms with Crippen LogP contribution in [0.15, 0.2) is 53.6 Å². The number of aromatic nitrogens is 4. The second-order valence-electron chi connectivity index (χ2n) is 8.28. The van der Waals surface area contributed by atoms with Crippen molar-refractivity contribution in [3.63, 3.8) is 0 Å². The normalized spacial score (nSPS) is 13.7. The smallest absolute Gasteiger partial charge is 0.317 e. The number of benzene rings is 2. The molecule has 5 rings (SSSR count). The van der Waals surface area contributed by atoms with Crippen LogP contribution in [-0.4, -0.2) is 65.3 Å². The van der Waals surface area contributed by atoms with Crippen molar-refractivity contribution >= 4 is 61.9 Å². The molecule has 0 bridgehead atoms. The number of fused-ring (bicyclic) bond motifs is 1. The van der Waals surface area contributed by atoms with Crippen LogP contribution in [0.25, 0.3) is 22.3 Å². The number of nitrogens with zero attached hydrogens (tertiary/aromatic N) is 5. The Balaban J connectivity index is 1.32. The number of rotatable bonds is 8. The fourth-order valence-corrected chi connectivity index (χ4v) is 5.78. The van der Waals surface area contributed by atoms with E-state index in [1.165, 1.54) is 18.2 Å². The maximum Gasteiger partial charge on any atom is 0.317 e. The molecule has 2 amide bonds. The number of carbonyl (C=O) groups excluding carboxylic acids is 1. The molecule has 2 aromatic carbocycles. The number of nitrogens with one attached hydrogen (secondary N) is 3. The van der Waals surface area contributed by atoms with E-state index in [0.717, 1.165) is 10.9 Å². The zero-order valence-corrected chi connectivity index (χ0v) is 21.9. The molecule has 1 saturated heterocycles. The minimum atomic E-state index is -3.93. The van der Waals surface area contributed by atoms with E-state index >= 15 is 0 Å². The highest BCUT2D eigenvalue weighted by Gasteiger charge is 2.21.